The number of amides is 1. The smallest absolute Gasteiger partial charge is 0.257 e. The molecule has 0 aromatic heterocycles. The van der Waals surface area contributed by atoms with Crippen LogP contribution in [0.5, 0.6) is 5.75 Å². The number of thiocarbonyl (C=S) groups is 1. The third-order valence-corrected chi connectivity index (χ3v) is 2.47. The standard InChI is InChI=1S/C13H18N2O3S/c1-3-18-11-6-4-5-10(9-11)12(16)15-13(19)14-7-8-17-2/h4-6,9H,3,7-8H2,1-2H3,(H2,14,15,16,19). The van der Waals surface area contributed by atoms with Gasteiger partial charge in [-0.3, -0.25) is 10.1 Å². The molecule has 0 unspecified atom stereocenters. The van der Waals surface area contributed by atoms with Gasteiger partial charge in [-0.1, -0.05) is 6.07 Å². The lowest BCUT2D eigenvalue weighted by atomic mass is 10.2. The zero-order valence-corrected chi connectivity index (χ0v) is 11.9. The van der Waals surface area contributed by atoms with Crippen molar-refractivity contribution in [2.45, 2.75) is 6.92 Å². The van der Waals surface area contributed by atoms with Crippen LogP contribution >= 0.6 is 12.2 Å². The molecule has 0 saturated heterocycles. The van der Waals surface area contributed by atoms with Gasteiger partial charge in [0.2, 0.25) is 0 Å². The Balaban J connectivity index is 2.52. The van der Waals surface area contributed by atoms with Crippen molar-refractivity contribution in [1.29, 1.82) is 0 Å². The Morgan fingerprint density at radius 1 is 1.42 bits per heavy atom. The second-order valence-electron chi connectivity index (χ2n) is 3.66. The normalized spacial score (nSPS) is 9.79. The molecule has 19 heavy (non-hydrogen) atoms. The SMILES string of the molecule is CCOc1cccc(C(=O)NC(=S)NCCOC)c1. The lowest BCUT2D eigenvalue weighted by molar-refractivity contribution is 0.0976. The van der Waals surface area contributed by atoms with E-state index < -0.39 is 0 Å². The molecule has 1 aromatic carbocycles. The van der Waals surface area contributed by atoms with Gasteiger partial charge in [0.05, 0.1) is 13.2 Å². The number of methoxy groups -OCH3 is 1. The lowest BCUT2D eigenvalue weighted by Gasteiger charge is -2.10. The number of ether oxygens (including phenoxy) is 2. The lowest BCUT2D eigenvalue weighted by Crippen LogP contribution is -2.40. The van der Waals surface area contributed by atoms with Gasteiger partial charge in [0.1, 0.15) is 5.75 Å². The molecule has 0 aliphatic carbocycles. The Kier molecular flexibility index (Phi) is 6.84. The van der Waals surface area contributed by atoms with Gasteiger partial charge in [-0.25, -0.2) is 0 Å². The summed E-state index contributed by atoms with van der Waals surface area (Å²) >= 11 is 5.00. The number of rotatable bonds is 6. The van der Waals surface area contributed by atoms with E-state index in [1.165, 1.54) is 0 Å². The highest BCUT2D eigenvalue weighted by atomic mass is 32.1. The van der Waals surface area contributed by atoms with E-state index in [1.807, 2.05) is 6.92 Å². The van der Waals surface area contributed by atoms with Crippen molar-refractivity contribution in [1.82, 2.24) is 10.6 Å². The first kappa shape index (κ1) is 15.4. The summed E-state index contributed by atoms with van der Waals surface area (Å²) in [4.78, 5) is 11.9. The first-order valence-corrected chi connectivity index (χ1v) is 6.39. The van der Waals surface area contributed by atoms with Crippen molar-refractivity contribution >= 4 is 23.2 Å². The van der Waals surface area contributed by atoms with Crippen LogP contribution in [0.2, 0.25) is 0 Å². The molecule has 5 nitrogen and oxygen atoms in total. The molecule has 0 atom stereocenters. The zero-order chi connectivity index (χ0) is 14.1. The summed E-state index contributed by atoms with van der Waals surface area (Å²) in [5, 5.41) is 5.74. The topological polar surface area (TPSA) is 59.6 Å². The fourth-order valence-corrected chi connectivity index (χ4v) is 1.57. The third kappa shape index (κ3) is 5.67. The summed E-state index contributed by atoms with van der Waals surface area (Å²) < 4.78 is 10.2. The highest BCUT2D eigenvalue weighted by molar-refractivity contribution is 7.80. The molecule has 0 bridgehead atoms. The minimum Gasteiger partial charge on any atom is -0.494 e. The number of hydrogen-bond donors (Lipinski definition) is 2. The molecule has 0 saturated carbocycles. The number of hydrogen-bond acceptors (Lipinski definition) is 4. The van der Waals surface area contributed by atoms with Crippen LogP contribution in [0.4, 0.5) is 0 Å². The van der Waals surface area contributed by atoms with Crippen LogP contribution in [-0.2, 0) is 4.74 Å². The molecule has 1 aromatic rings. The maximum absolute atomic E-state index is 11.9. The average molecular weight is 282 g/mol. The third-order valence-electron chi connectivity index (χ3n) is 2.23. The van der Waals surface area contributed by atoms with Crippen LogP contribution < -0.4 is 15.4 Å². The van der Waals surface area contributed by atoms with Crippen LogP contribution in [0.3, 0.4) is 0 Å². The average Bonchev–Trinajstić information content (AvgIpc) is 2.39. The molecular formula is C13H18N2O3S. The first-order valence-electron chi connectivity index (χ1n) is 5.98. The van der Waals surface area contributed by atoms with Crippen molar-refractivity contribution in [3.05, 3.63) is 29.8 Å². The summed E-state index contributed by atoms with van der Waals surface area (Å²) in [5.74, 6) is 0.393. The summed E-state index contributed by atoms with van der Waals surface area (Å²) in [5.41, 5.74) is 0.502. The van der Waals surface area contributed by atoms with Gasteiger partial charge in [0.15, 0.2) is 5.11 Å². The zero-order valence-electron chi connectivity index (χ0n) is 11.1. The van der Waals surface area contributed by atoms with E-state index in [-0.39, 0.29) is 11.0 Å². The van der Waals surface area contributed by atoms with Crippen LogP contribution in [0.25, 0.3) is 0 Å². The van der Waals surface area contributed by atoms with Crippen LogP contribution in [-0.4, -0.2) is 37.9 Å². The molecule has 1 rings (SSSR count). The minimum absolute atomic E-state index is 0.267. The Hall–Kier alpha value is -1.66. The fourth-order valence-electron chi connectivity index (χ4n) is 1.38. The summed E-state index contributed by atoms with van der Waals surface area (Å²) in [6, 6.07) is 6.95. The predicted molar refractivity (Wildman–Crippen MR) is 77.6 cm³/mol. The van der Waals surface area contributed by atoms with Gasteiger partial charge >= 0.3 is 0 Å². The highest BCUT2D eigenvalue weighted by Crippen LogP contribution is 2.12. The summed E-state index contributed by atoms with van der Waals surface area (Å²) in [6.45, 7) is 3.52. The van der Waals surface area contributed by atoms with Crippen LogP contribution in [0.15, 0.2) is 24.3 Å². The summed E-state index contributed by atoms with van der Waals surface area (Å²) in [7, 11) is 1.60. The van der Waals surface area contributed by atoms with E-state index in [1.54, 1.807) is 31.4 Å². The largest absolute Gasteiger partial charge is 0.494 e. The fraction of sp³-hybridized carbons (Fsp3) is 0.385. The molecule has 0 radical (unpaired) electrons. The minimum atomic E-state index is -0.267. The van der Waals surface area contributed by atoms with Crippen molar-refractivity contribution in [2.24, 2.45) is 0 Å². The number of benzene rings is 1. The second kappa shape index (κ2) is 8.44. The molecule has 6 heteroatoms. The molecule has 0 aliphatic heterocycles. The van der Waals surface area contributed by atoms with Crippen LogP contribution in [0, 0.1) is 0 Å². The molecule has 0 heterocycles. The maximum atomic E-state index is 11.9. The molecule has 1 amide bonds. The predicted octanol–water partition coefficient (Wildman–Crippen LogP) is 1.34. The number of nitrogens with one attached hydrogen (secondary N) is 2. The van der Waals surface area contributed by atoms with Gasteiger partial charge in [-0.2, -0.15) is 0 Å². The van der Waals surface area contributed by atoms with Crippen molar-refractivity contribution in [3.63, 3.8) is 0 Å². The molecule has 104 valence electrons. The van der Waals surface area contributed by atoms with Gasteiger partial charge in [0.25, 0.3) is 5.91 Å². The van der Waals surface area contributed by atoms with Gasteiger partial charge < -0.3 is 14.8 Å². The van der Waals surface area contributed by atoms with Crippen LogP contribution in [0.1, 0.15) is 17.3 Å². The van der Waals surface area contributed by atoms with Crippen molar-refractivity contribution < 1.29 is 14.3 Å². The Morgan fingerprint density at radius 2 is 2.21 bits per heavy atom. The van der Waals surface area contributed by atoms with E-state index in [9.17, 15) is 4.79 Å². The highest BCUT2D eigenvalue weighted by Gasteiger charge is 2.08. The van der Waals surface area contributed by atoms with E-state index in [4.69, 9.17) is 21.7 Å². The number of carbonyl (C=O) groups is 1. The number of carbonyl (C=O) groups excluding carboxylic acids is 1. The molecule has 0 aliphatic rings. The van der Waals surface area contributed by atoms with Gasteiger partial charge in [0, 0.05) is 19.2 Å². The van der Waals surface area contributed by atoms with Crippen molar-refractivity contribution in [3.8, 4) is 5.75 Å². The molecule has 0 fully saturated rings. The van der Waals surface area contributed by atoms with Crippen molar-refractivity contribution in [2.75, 3.05) is 26.9 Å². The summed E-state index contributed by atoms with van der Waals surface area (Å²) in [6.07, 6.45) is 0. The molecule has 2 N–H and O–H groups in total. The van der Waals surface area contributed by atoms with E-state index in [0.717, 1.165) is 0 Å². The van der Waals surface area contributed by atoms with Gasteiger partial charge in [-0.05, 0) is 37.3 Å². The van der Waals surface area contributed by atoms with Gasteiger partial charge in [-0.15, -0.1) is 0 Å². The Bertz CT molecular complexity index is 438. The first-order chi connectivity index (χ1) is 9.17. The van der Waals surface area contributed by atoms with E-state index in [0.29, 0.717) is 31.1 Å². The Morgan fingerprint density at radius 3 is 2.89 bits per heavy atom. The van der Waals surface area contributed by atoms with E-state index in [2.05, 4.69) is 10.6 Å². The second-order valence-corrected chi connectivity index (χ2v) is 4.07. The quantitative estimate of drug-likeness (QED) is 0.609. The molecule has 0 spiro atoms. The Labute approximate surface area is 118 Å². The monoisotopic (exact) mass is 282 g/mol. The van der Waals surface area contributed by atoms with E-state index >= 15 is 0 Å². The maximum Gasteiger partial charge on any atom is 0.257 e. The molecular weight excluding hydrogens is 264 g/mol.